The van der Waals surface area contributed by atoms with Crippen molar-refractivity contribution in [2.75, 3.05) is 5.32 Å². The molecule has 6 heteroatoms. The van der Waals surface area contributed by atoms with E-state index in [9.17, 15) is 13.6 Å². The molecule has 0 aliphatic heterocycles. The lowest BCUT2D eigenvalue weighted by molar-refractivity contribution is -0.111. The molecular weight excluding hydrogens is 252 g/mol. The van der Waals surface area contributed by atoms with E-state index in [4.69, 9.17) is 0 Å². The number of halogens is 2. The molecule has 0 fully saturated rings. The van der Waals surface area contributed by atoms with E-state index in [0.717, 1.165) is 23.8 Å². The second-order valence-corrected chi connectivity index (χ2v) is 3.89. The Labute approximate surface area is 108 Å². The molecule has 1 N–H and O–H groups in total. The van der Waals surface area contributed by atoms with E-state index in [0.29, 0.717) is 0 Å². The highest BCUT2D eigenvalue weighted by Gasteiger charge is 2.05. The maximum absolute atomic E-state index is 13.3. The number of hydrogen-bond acceptors (Lipinski definition) is 2. The first kappa shape index (κ1) is 12.9. The number of nitrogens with one attached hydrogen (secondary N) is 1. The van der Waals surface area contributed by atoms with Gasteiger partial charge in [-0.15, -0.1) is 0 Å². The molecule has 2 aromatic rings. The van der Waals surface area contributed by atoms with Crippen LogP contribution in [0.2, 0.25) is 0 Å². The summed E-state index contributed by atoms with van der Waals surface area (Å²) in [5, 5.41) is 6.19. The number of nitrogens with zero attached hydrogens (tertiary/aromatic N) is 2. The predicted octanol–water partition coefficient (Wildman–Crippen LogP) is 2.35. The van der Waals surface area contributed by atoms with Gasteiger partial charge in [-0.05, 0) is 18.2 Å². The molecule has 0 bridgehead atoms. The number of hydrogen-bond donors (Lipinski definition) is 1. The summed E-state index contributed by atoms with van der Waals surface area (Å²) in [5.74, 6) is -1.86. The van der Waals surface area contributed by atoms with Gasteiger partial charge in [0.05, 0.1) is 11.9 Å². The molecule has 98 valence electrons. The second kappa shape index (κ2) is 5.43. The minimum Gasteiger partial charge on any atom is -0.320 e. The van der Waals surface area contributed by atoms with Crippen molar-refractivity contribution in [3.63, 3.8) is 0 Å². The summed E-state index contributed by atoms with van der Waals surface area (Å²) in [5.41, 5.74) is 0.540. The molecular formula is C13H11F2N3O. The third-order valence-electron chi connectivity index (χ3n) is 2.34. The molecule has 1 aromatic heterocycles. The minimum absolute atomic E-state index is 0.194. The molecule has 1 amide bonds. The average molecular weight is 263 g/mol. The zero-order valence-electron chi connectivity index (χ0n) is 10.1. The number of carbonyl (C=O) groups excluding carboxylic acids is 1. The second-order valence-electron chi connectivity index (χ2n) is 3.89. The van der Waals surface area contributed by atoms with E-state index in [1.165, 1.54) is 12.2 Å². The van der Waals surface area contributed by atoms with Gasteiger partial charge < -0.3 is 5.32 Å². The number of aryl methyl sites for hydroxylation is 1. The van der Waals surface area contributed by atoms with E-state index in [2.05, 4.69) is 10.4 Å². The number of aromatic nitrogens is 2. The third kappa shape index (κ3) is 3.48. The predicted molar refractivity (Wildman–Crippen MR) is 67.2 cm³/mol. The summed E-state index contributed by atoms with van der Waals surface area (Å²) >= 11 is 0. The normalized spacial score (nSPS) is 10.9. The van der Waals surface area contributed by atoms with Crippen LogP contribution in [-0.2, 0) is 11.8 Å². The van der Waals surface area contributed by atoms with Crippen molar-refractivity contribution < 1.29 is 13.6 Å². The lowest BCUT2D eigenvalue weighted by atomic mass is 10.3. The van der Waals surface area contributed by atoms with Crippen LogP contribution < -0.4 is 5.32 Å². The van der Waals surface area contributed by atoms with E-state index < -0.39 is 17.5 Å². The summed E-state index contributed by atoms with van der Waals surface area (Å²) in [6.45, 7) is 0. The lowest BCUT2D eigenvalue weighted by Crippen LogP contribution is -2.09. The molecule has 0 saturated heterocycles. The van der Waals surface area contributed by atoms with Crippen LogP contribution in [-0.4, -0.2) is 15.7 Å². The van der Waals surface area contributed by atoms with Crippen molar-refractivity contribution in [2.45, 2.75) is 0 Å². The van der Waals surface area contributed by atoms with Gasteiger partial charge in [-0.25, -0.2) is 8.78 Å². The quantitative estimate of drug-likeness (QED) is 0.864. The van der Waals surface area contributed by atoms with E-state index in [1.807, 2.05) is 0 Å². The Morgan fingerprint density at radius 1 is 1.42 bits per heavy atom. The molecule has 4 nitrogen and oxygen atoms in total. The molecule has 0 unspecified atom stereocenters. The van der Waals surface area contributed by atoms with Crippen LogP contribution in [0.25, 0.3) is 6.08 Å². The number of rotatable bonds is 3. The minimum atomic E-state index is -0.690. The highest BCUT2D eigenvalue weighted by molar-refractivity contribution is 6.01. The SMILES string of the molecule is Cn1cc(/C=C/C(=O)Nc2cc(F)ccc2F)cn1. The van der Waals surface area contributed by atoms with Crippen LogP contribution in [0.3, 0.4) is 0 Å². The van der Waals surface area contributed by atoms with Gasteiger partial charge in [0.15, 0.2) is 0 Å². The Hall–Kier alpha value is -2.50. The topological polar surface area (TPSA) is 46.9 Å². The van der Waals surface area contributed by atoms with Gasteiger partial charge in [0, 0.05) is 31.0 Å². The fraction of sp³-hybridized carbons (Fsp3) is 0.0769. The standard InChI is InChI=1S/C13H11F2N3O/c1-18-8-9(7-16-18)2-5-13(19)17-12-6-10(14)3-4-11(12)15/h2-8H,1H3,(H,17,19)/b5-2+. The Bertz CT molecular complexity index is 635. The van der Waals surface area contributed by atoms with Crippen LogP contribution in [0.1, 0.15) is 5.56 Å². The van der Waals surface area contributed by atoms with Crippen molar-refractivity contribution >= 4 is 17.7 Å². The summed E-state index contributed by atoms with van der Waals surface area (Å²) in [7, 11) is 1.75. The van der Waals surface area contributed by atoms with Gasteiger partial charge in [-0.1, -0.05) is 0 Å². The Kier molecular flexibility index (Phi) is 3.70. The fourth-order valence-corrected chi connectivity index (χ4v) is 1.47. The summed E-state index contributed by atoms with van der Waals surface area (Å²) < 4.78 is 27.8. The van der Waals surface area contributed by atoms with E-state index in [1.54, 1.807) is 24.1 Å². The summed E-state index contributed by atoms with van der Waals surface area (Å²) in [6.07, 6.45) is 6.04. The zero-order chi connectivity index (χ0) is 13.8. The van der Waals surface area contributed by atoms with Crippen LogP contribution >= 0.6 is 0 Å². The number of amides is 1. The molecule has 0 atom stereocenters. The summed E-state index contributed by atoms with van der Waals surface area (Å²) in [4.78, 5) is 11.5. The number of carbonyl (C=O) groups is 1. The van der Waals surface area contributed by atoms with Crippen molar-refractivity contribution in [3.8, 4) is 0 Å². The molecule has 0 spiro atoms. The Balaban J connectivity index is 2.05. The maximum atomic E-state index is 13.3. The van der Waals surface area contributed by atoms with Gasteiger partial charge in [-0.2, -0.15) is 5.10 Å². The molecule has 2 rings (SSSR count). The van der Waals surface area contributed by atoms with Gasteiger partial charge in [0.2, 0.25) is 5.91 Å². The van der Waals surface area contributed by atoms with Crippen molar-refractivity contribution in [2.24, 2.45) is 7.05 Å². The molecule has 1 aromatic carbocycles. The number of anilines is 1. The smallest absolute Gasteiger partial charge is 0.248 e. The van der Waals surface area contributed by atoms with Gasteiger partial charge in [-0.3, -0.25) is 9.48 Å². The van der Waals surface area contributed by atoms with Crippen LogP contribution in [0, 0.1) is 11.6 Å². The Morgan fingerprint density at radius 3 is 2.89 bits per heavy atom. The first-order valence-electron chi connectivity index (χ1n) is 5.47. The van der Waals surface area contributed by atoms with Crippen LogP contribution in [0.4, 0.5) is 14.5 Å². The molecule has 19 heavy (non-hydrogen) atoms. The monoisotopic (exact) mass is 263 g/mol. The molecule has 0 saturated carbocycles. The first-order chi connectivity index (χ1) is 9.04. The average Bonchev–Trinajstić information content (AvgIpc) is 2.77. The van der Waals surface area contributed by atoms with Gasteiger partial charge in [0.1, 0.15) is 11.6 Å². The maximum Gasteiger partial charge on any atom is 0.248 e. The molecule has 0 radical (unpaired) electrons. The van der Waals surface area contributed by atoms with Crippen LogP contribution in [0.15, 0.2) is 36.7 Å². The molecule has 0 aliphatic carbocycles. The summed E-state index contributed by atoms with van der Waals surface area (Å²) in [6, 6.07) is 2.86. The fourth-order valence-electron chi connectivity index (χ4n) is 1.47. The lowest BCUT2D eigenvalue weighted by Gasteiger charge is -2.03. The third-order valence-corrected chi connectivity index (χ3v) is 2.34. The first-order valence-corrected chi connectivity index (χ1v) is 5.47. The number of benzene rings is 1. The van der Waals surface area contributed by atoms with E-state index >= 15 is 0 Å². The van der Waals surface area contributed by atoms with Crippen molar-refractivity contribution in [1.82, 2.24) is 9.78 Å². The van der Waals surface area contributed by atoms with Crippen molar-refractivity contribution in [1.29, 1.82) is 0 Å². The molecule has 0 aliphatic rings. The largest absolute Gasteiger partial charge is 0.320 e. The van der Waals surface area contributed by atoms with Crippen LogP contribution in [0.5, 0.6) is 0 Å². The highest BCUT2D eigenvalue weighted by atomic mass is 19.1. The molecule has 1 heterocycles. The van der Waals surface area contributed by atoms with Crippen molar-refractivity contribution in [3.05, 3.63) is 53.9 Å². The van der Waals surface area contributed by atoms with Gasteiger partial charge in [0.25, 0.3) is 0 Å². The zero-order valence-corrected chi connectivity index (χ0v) is 10.1. The van der Waals surface area contributed by atoms with Gasteiger partial charge >= 0.3 is 0 Å². The highest BCUT2D eigenvalue weighted by Crippen LogP contribution is 2.15. The van der Waals surface area contributed by atoms with E-state index in [-0.39, 0.29) is 5.69 Å². The Morgan fingerprint density at radius 2 is 2.21 bits per heavy atom.